The van der Waals surface area contributed by atoms with Gasteiger partial charge in [-0.15, -0.1) is 10.2 Å². The number of anilines is 1. The first kappa shape index (κ1) is 20.5. The van der Waals surface area contributed by atoms with Crippen LogP contribution in [0.4, 0.5) is 9.52 Å². The fourth-order valence-electron chi connectivity index (χ4n) is 3.56. The maximum Gasteiger partial charge on any atom is 0.231 e. The van der Waals surface area contributed by atoms with E-state index in [-0.39, 0.29) is 29.5 Å². The Kier molecular flexibility index (Phi) is 5.31. The number of likely N-dealkylation sites (tertiary alicyclic amines) is 1. The van der Waals surface area contributed by atoms with E-state index in [4.69, 9.17) is 0 Å². The number of carbonyl (C=O) groups excluding carboxylic acids is 2. The number of nitrogens with one attached hydrogen (secondary N) is 2. The Morgan fingerprint density at radius 2 is 2.17 bits per heavy atom. The highest BCUT2D eigenvalue weighted by Gasteiger charge is 2.34. The fourth-order valence-corrected chi connectivity index (χ4v) is 4.37. The molecule has 1 fully saturated rings. The third-order valence-electron chi connectivity index (χ3n) is 5.26. The van der Waals surface area contributed by atoms with Gasteiger partial charge in [0.05, 0.1) is 5.92 Å². The lowest BCUT2D eigenvalue weighted by molar-refractivity contribution is -0.128. The summed E-state index contributed by atoms with van der Waals surface area (Å²) in [6.45, 7) is 6.96. The van der Waals surface area contributed by atoms with Crippen molar-refractivity contribution in [3.63, 3.8) is 0 Å². The lowest BCUT2D eigenvalue weighted by Crippen LogP contribution is -2.30. The Hall–Kier alpha value is -2.81. The van der Waals surface area contributed by atoms with Crippen LogP contribution in [-0.2, 0) is 21.4 Å². The Morgan fingerprint density at radius 1 is 1.37 bits per heavy atom. The topological polar surface area (TPSA) is 91.0 Å². The number of nitrogens with zero attached hydrogens (tertiary/aromatic N) is 3. The predicted octanol–water partition coefficient (Wildman–Crippen LogP) is 3.49. The Bertz CT molecular complexity index is 1100. The van der Waals surface area contributed by atoms with E-state index in [1.54, 1.807) is 11.0 Å². The van der Waals surface area contributed by atoms with Gasteiger partial charge in [-0.3, -0.25) is 9.59 Å². The molecular formula is C21H24FN5O2S. The molecule has 1 aliphatic rings. The third kappa shape index (κ3) is 4.21. The standard InChI is InChI=1S/C21H24FN5O2S/c1-21(2,3)19-25-26-20(30-19)24-18(29)13-8-17(28)27(11-13)7-6-12-10-23-16-5-4-14(22)9-15(12)16/h4-5,9-10,13,23H,6-8,11H2,1-3H3,(H,24,26,29). The summed E-state index contributed by atoms with van der Waals surface area (Å²) in [4.78, 5) is 29.8. The number of rotatable bonds is 5. The summed E-state index contributed by atoms with van der Waals surface area (Å²) in [6, 6.07) is 4.61. The van der Waals surface area contributed by atoms with E-state index < -0.39 is 5.92 Å². The summed E-state index contributed by atoms with van der Waals surface area (Å²) < 4.78 is 13.6. The average molecular weight is 430 g/mol. The molecule has 1 unspecified atom stereocenters. The molecule has 4 rings (SSSR count). The van der Waals surface area contributed by atoms with Crippen LogP contribution in [0.15, 0.2) is 24.4 Å². The molecule has 1 aliphatic heterocycles. The highest BCUT2D eigenvalue weighted by molar-refractivity contribution is 7.15. The van der Waals surface area contributed by atoms with E-state index >= 15 is 0 Å². The van der Waals surface area contributed by atoms with Gasteiger partial charge in [0.25, 0.3) is 0 Å². The summed E-state index contributed by atoms with van der Waals surface area (Å²) in [5.74, 6) is -0.964. The summed E-state index contributed by atoms with van der Waals surface area (Å²) in [6.07, 6.45) is 2.62. The Labute approximate surface area is 177 Å². The molecule has 1 aromatic carbocycles. The largest absolute Gasteiger partial charge is 0.361 e. The second kappa shape index (κ2) is 7.79. The first-order chi connectivity index (χ1) is 14.2. The molecule has 9 heteroatoms. The maximum absolute atomic E-state index is 13.6. The number of carbonyl (C=O) groups is 2. The van der Waals surface area contributed by atoms with Crippen molar-refractivity contribution in [3.05, 3.63) is 40.8 Å². The molecule has 2 amide bonds. The Balaban J connectivity index is 1.36. The third-order valence-corrected chi connectivity index (χ3v) is 6.53. The smallest absolute Gasteiger partial charge is 0.231 e. The van der Waals surface area contributed by atoms with Crippen LogP contribution in [-0.4, -0.2) is 45.0 Å². The molecule has 1 saturated heterocycles. The van der Waals surface area contributed by atoms with Crippen LogP contribution in [0.1, 0.15) is 37.8 Å². The molecule has 0 radical (unpaired) electrons. The van der Waals surface area contributed by atoms with Crippen LogP contribution in [0.25, 0.3) is 10.9 Å². The second-order valence-electron chi connectivity index (χ2n) is 8.65. The molecule has 2 aromatic heterocycles. The van der Waals surface area contributed by atoms with E-state index in [1.165, 1.54) is 23.5 Å². The number of benzene rings is 1. The molecule has 0 spiro atoms. The zero-order chi connectivity index (χ0) is 21.5. The Morgan fingerprint density at radius 3 is 2.90 bits per heavy atom. The average Bonchev–Trinajstić information content (AvgIpc) is 3.38. The predicted molar refractivity (Wildman–Crippen MR) is 114 cm³/mol. The highest BCUT2D eigenvalue weighted by atomic mass is 32.1. The maximum atomic E-state index is 13.6. The molecule has 7 nitrogen and oxygen atoms in total. The van der Waals surface area contributed by atoms with Crippen molar-refractivity contribution in [2.45, 2.75) is 39.0 Å². The van der Waals surface area contributed by atoms with Gasteiger partial charge in [-0.2, -0.15) is 0 Å². The molecule has 158 valence electrons. The number of H-pyrrole nitrogens is 1. The van der Waals surface area contributed by atoms with E-state index in [2.05, 4.69) is 20.5 Å². The minimum absolute atomic E-state index is 0.0474. The number of halogens is 1. The molecule has 30 heavy (non-hydrogen) atoms. The van der Waals surface area contributed by atoms with Gasteiger partial charge < -0.3 is 15.2 Å². The normalized spacial score (nSPS) is 17.1. The molecule has 0 saturated carbocycles. The number of hydrogen-bond donors (Lipinski definition) is 2. The molecule has 3 aromatic rings. The number of aromatic amines is 1. The number of amides is 2. The first-order valence-electron chi connectivity index (χ1n) is 9.89. The SMILES string of the molecule is CC(C)(C)c1nnc(NC(=O)C2CC(=O)N(CCc3c[nH]c4ccc(F)cc34)C2)s1. The first-order valence-corrected chi connectivity index (χ1v) is 10.7. The van der Waals surface area contributed by atoms with Crippen LogP contribution < -0.4 is 5.32 Å². The lowest BCUT2D eigenvalue weighted by Gasteiger charge is -2.16. The molecule has 3 heterocycles. The fraction of sp³-hybridized carbons (Fsp3) is 0.429. The van der Waals surface area contributed by atoms with Gasteiger partial charge in [-0.25, -0.2) is 4.39 Å². The zero-order valence-corrected chi connectivity index (χ0v) is 18.0. The number of hydrogen-bond acceptors (Lipinski definition) is 5. The number of aromatic nitrogens is 3. The van der Waals surface area contributed by atoms with Crippen molar-refractivity contribution >= 4 is 39.2 Å². The van der Waals surface area contributed by atoms with Gasteiger partial charge in [-0.1, -0.05) is 32.1 Å². The molecule has 0 bridgehead atoms. The highest BCUT2D eigenvalue weighted by Crippen LogP contribution is 2.29. The molecule has 2 N–H and O–H groups in total. The zero-order valence-electron chi connectivity index (χ0n) is 17.2. The van der Waals surface area contributed by atoms with Gasteiger partial charge in [0.15, 0.2) is 0 Å². The van der Waals surface area contributed by atoms with Gasteiger partial charge in [0.1, 0.15) is 10.8 Å². The molecule has 0 aliphatic carbocycles. The summed E-state index contributed by atoms with van der Waals surface area (Å²) in [5.41, 5.74) is 1.68. The summed E-state index contributed by atoms with van der Waals surface area (Å²) in [7, 11) is 0. The monoisotopic (exact) mass is 429 g/mol. The molecular weight excluding hydrogens is 405 g/mol. The minimum atomic E-state index is -0.417. The van der Waals surface area contributed by atoms with E-state index in [0.29, 0.717) is 24.6 Å². The van der Waals surface area contributed by atoms with Crippen molar-refractivity contribution in [1.29, 1.82) is 0 Å². The van der Waals surface area contributed by atoms with Crippen LogP contribution in [0.5, 0.6) is 0 Å². The van der Waals surface area contributed by atoms with Crippen molar-refractivity contribution in [2.24, 2.45) is 5.92 Å². The van der Waals surface area contributed by atoms with Crippen LogP contribution in [0.3, 0.4) is 0 Å². The van der Waals surface area contributed by atoms with Crippen molar-refractivity contribution in [1.82, 2.24) is 20.1 Å². The van der Waals surface area contributed by atoms with Crippen molar-refractivity contribution in [2.75, 3.05) is 18.4 Å². The van der Waals surface area contributed by atoms with Crippen LogP contribution in [0.2, 0.25) is 0 Å². The second-order valence-corrected chi connectivity index (χ2v) is 9.62. The van der Waals surface area contributed by atoms with Gasteiger partial charge >= 0.3 is 0 Å². The van der Waals surface area contributed by atoms with Crippen LogP contribution in [0, 0.1) is 11.7 Å². The van der Waals surface area contributed by atoms with E-state index in [0.717, 1.165) is 21.5 Å². The van der Waals surface area contributed by atoms with Crippen molar-refractivity contribution in [3.8, 4) is 0 Å². The van der Waals surface area contributed by atoms with Crippen molar-refractivity contribution < 1.29 is 14.0 Å². The molecule has 1 atom stereocenters. The van der Waals surface area contributed by atoms with E-state index in [9.17, 15) is 14.0 Å². The van der Waals surface area contributed by atoms with Gasteiger partial charge in [0.2, 0.25) is 16.9 Å². The summed E-state index contributed by atoms with van der Waals surface area (Å²) >= 11 is 1.35. The quantitative estimate of drug-likeness (QED) is 0.650. The number of fused-ring (bicyclic) bond motifs is 1. The van der Waals surface area contributed by atoms with E-state index in [1.807, 2.05) is 27.0 Å². The van der Waals surface area contributed by atoms with Crippen LogP contribution >= 0.6 is 11.3 Å². The van der Waals surface area contributed by atoms with Gasteiger partial charge in [-0.05, 0) is 30.2 Å². The lowest BCUT2D eigenvalue weighted by atomic mass is 9.98. The summed E-state index contributed by atoms with van der Waals surface area (Å²) in [5, 5.41) is 13.1. The van der Waals surface area contributed by atoms with Gasteiger partial charge in [0, 0.05) is 42.0 Å². The minimum Gasteiger partial charge on any atom is -0.361 e.